The van der Waals surface area contributed by atoms with Gasteiger partial charge in [0.2, 0.25) is 5.88 Å². The van der Waals surface area contributed by atoms with Gasteiger partial charge >= 0.3 is 5.69 Å². The van der Waals surface area contributed by atoms with Gasteiger partial charge in [0, 0.05) is 17.8 Å². The van der Waals surface area contributed by atoms with Crippen LogP contribution in [0.5, 0.6) is 5.88 Å². The summed E-state index contributed by atoms with van der Waals surface area (Å²) in [5, 5.41) is 19.8. The van der Waals surface area contributed by atoms with Crippen LogP contribution in [0, 0.1) is 0 Å². The topological polar surface area (TPSA) is 121 Å². The second kappa shape index (κ2) is 8.54. The van der Waals surface area contributed by atoms with E-state index >= 15 is 0 Å². The molecule has 1 aliphatic carbocycles. The van der Waals surface area contributed by atoms with Crippen LogP contribution in [0.25, 0.3) is 11.3 Å². The van der Waals surface area contributed by atoms with E-state index in [0.717, 1.165) is 37.7 Å². The van der Waals surface area contributed by atoms with Crippen LogP contribution >= 0.6 is 0 Å². The van der Waals surface area contributed by atoms with E-state index in [4.69, 9.17) is 9.52 Å². The molecule has 2 heterocycles. The number of aromatic nitrogens is 2. The first kappa shape index (κ1) is 19.9. The van der Waals surface area contributed by atoms with E-state index in [0.29, 0.717) is 17.2 Å². The van der Waals surface area contributed by atoms with Gasteiger partial charge in [-0.05, 0) is 37.1 Å². The van der Waals surface area contributed by atoms with Gasteiger partial charge in [-0.15, -0.1) is 0 Å². The summed E-state index contributed by atoms with van der Waals surface area (Å²) in [6, 6.07) is 10.5. The molecule has 1 saturated carbocycles. The molecule has 1 fully saturated rings. The Morgan fingerprint density at radius 2 is 1.97 bits per heavy atom. The molecule has 3 N–H and O–H groups in total. The van der Waals surface area contributed by atoms with Crippen LogP contribution in [0.15, 0.2) is 55.4 Å². The van der Waals surface area contributed by atoms with E-state index in [9.17, 15) is 14.7 Å². The molecule has 0 amide bonds. The normalized spacial score (nSPS) is 15.1. The van der Waals surface area contributed by atoms with Crippen LogP contribution in [-0.4, -0.2) is 26.0 Å². The lowest BCUT2D eigenvalue weighted by Crippen LogP contribution is -2.35. The van der Waals surface area contributed by atoms with Gasteiger partial charge in [0.15, 0.2) is 0 Å². The molecule has 156 valence electrons. The number of aromatic amines is 1. The number of aliphatic imine (C=N–C) groups is 1. The summed E-state index contributed by atoms with van der Waals surface area (Å²) in [5.41, 5.74) is -0.0198. The number of H-pyrrole nitrogens is 1. The molecule has 0 radical (unpaired) electrons. The lowest BCUT2D eigenvalue weighted by molar-refractivity contribution is 0.248. The van der Waals surface area contributed by atoms with Crippen molar-refractivity contribution in [1.29, 1.82) is 0 Å². The Morgan fingerprint density at radius 3 is 2.70 bits per heavy atom. The van der Waals surface area contributed by atoms with Crippen molar-refractivity contribution in [2.24, 2.45) is 4.99 Å². The van der Waals surface area contributed by atoms with Gasteiger partial charge in [0.25, 0.3) is 5.56 Å². The molecule has 0 atom stereocenters. The number of nitrogens with zero attached hydrogens (tertiary/aromatic N) is 2. The zero-order valence-electron chi connectivity index (χ0n) is 16.4. The number of rotatable bonds is 5. The van der Waals surface area contributed by atoms with E-state index in [1.807, 2.05) is 6.07 Å². The predicted octanol–water partition coefficient (Wildman–Crippen LogP) is 3.25. The van der Waals surface area contributed by atoms with E-state index < -0.39 is 11.2 Å². The van der Waals surface area contributed by atoms with Gasteiger partial charge in [-0.3, -0.25) is 19.3 Å². The molecule has 1 aliphatic rings. The van der Waals surface area contributed by atoms with Gasteiger partial charge in [0.05, 0.1) is 5.69 Å². The molecule has 8 nitrogen and oxygen atoms in total. The minimum atomic E-state index is -0.678. The SMILES string of the molecule is O=c1[nH]c(=O)n(C2CCCCC2)c(O)c1C=Nc1cccc(-c2ccc(CO)o2)c1. The molecule has 0 spiro atoms. The third kappa shape index (κ3) is 3.99. The Labute approximate surface area is 172 Å². The zero-order chi connectivity index (χ0) is 21.1. The van der Waals surface area contributed by atoms with E-state index in [1.54, 1.807) is 30.3 Å². The first-order valence-corrected chi connectivity index (χ1v) is 9.98. The van der Waals surface area contributed by atoms with Gasteiger partial charge in [-0.1, -0.05) is 31.4 Å². The average molecular weight is 409 g/mol. The zero-order valence-corrected chi connectivity index (χ0v) is 16.4. The minimum absolute atomic E-state index is 0.0499. The number of aromatic hydroxyl groups is 1. The van der Waals surface area contributed by atoms with Crippen molar-refractivity contribution >= 4 is 11.9 Å². The Hall–Kier alpha value is -3.39. The first-order valence-electron chi connectivity index (χ1n) is 9.98. The van der Waals surface area contributed by atoms with Gasteiger partial charge in [-0.25, -0.2) is 4.79 Å². The third-order valence-electron chi connectivity index (χ3n) is 5.38. The molecule has 0 aliphatic heterocycles. The van der Waals surface area contributed by atoms with Gasteiger partial charge in [-0.2, -0.15) is 0 Å². The van der Waals surface area contributed by atoms with Gasteiger partial charge in [0.1, 0.15) is 23.7 Å². The van der Waals surface area contributed by atoms with Crippen molar-refractivity contribution in [2.45, 2.75) is 44.8 Å². The number of furan rings is 1. The highest BCUT2D eigenvalue weighted by molar-refractivity contribution is 5.84. The van der Waals surface area contributed by atoms with Crippen molar-refractivity contribution in [3.05, 3.63) is 68.6 Å². The fraction of sp³-hybridized carbons (Fsp3) is 0.318. The maximum atomic E-state index is 12.3. The highest BCUT2D eigenvalue weighted by Gasteiger charge is 2.22. The predicted molar refractivity (Wildman–Crippen MR) is 112 cm³/mol. The molecule has 30 heavy (non-hydrogen) atoms. The smallest absolute Gasteiger partial charge is 0.331 e. The molecule has 0 bridgehead atoms. The van der Waals surface area contributed by atoms with Crippen LogP contribution < -0.4 is 11.2 Å². The fourth-order valence-corrected chi connectivity index (χ4v) is 3.84. The largest absolute Gasteiger partial charge is 0.494 e. The standard InChI is InChI=1S/C22H23N3O5/c26-13-17-9-10-19(30-17)14-5-4-6-15(11-14)23-12-18-20(27)24-22(29)25(21(18)28)16-7-2-1-3-8-16/h4-6,9-12,16,26,28H,1-3,7-8,13H2,(H,24,27,29). The van der Waals surface area contributed by atoms with E-state index in [-0.39, 0.29) is 24.1 Å². The maximum Gasteiger partial charge on any atom is 0.331 e. The summed E-state index contributed by atoms with van der Waals surface area (Å²) in [6.07, 6.45) is 5.92. The summed E-state index contributed by atoms with van der Waals surface area (Å²) >= 11 is 0. The van der Waals surface area contributed by atoms with Crippen molar-refractivity contribution in [3.8, 4) is 17.2 Å². The van der Waals surface area contributed by atoms with Gasteiger partial charge < -0.3 is 14.6 Å². The number of hydrogen-bond acceptors (Lipinski definition) is 6. The summed E-state index contributed by atoms with van der Waals surface area (Å²) in [6.45, 7) is -0.184. The Balaban J connectivity index is 1.66. The van der Waals surface area contributed by atoms with E-state index in [1.165, 1.54) is 10.8 Å². The summed E-state index contributed by atoms with van der Waals surface area (Å²) in [7, 11) is 0. The number of benzene rings is 1. The molecule has 2 aromatic heterocycles. The summed E-state index contributed by atoms with van der Waals surface area (Å²) in [5.74, 6) is 0.692. The van der Waals surface area contributed by atoms with Crippen molar-refractivity contribution in [1.82, 2.24) is 9.55 Å². The van der Waals surface area contributed by atoms with Crippen LogP contribution in [0.2, 0.25) is 0 Å². The van der Waals surface area contributed by atoms with Crippen LogP contribution in [-0.2, 0) is 6.61 Å². The quantitative estimate of drug-likeness (QED) is 0.559. The second-order valence-electron chi connectivity index (χ2n) is 7.39. The summed E-state index contributed by atoms with van der Waals surface area (Å²) in [4.78, 5) is 31.2. The van der Waals surface area contributed by atoms with Crippen molar-refractivity contribution in [3.63, 3.8) is 0 Å². The lowest BCUT2D eigenvalue weighted by Gasteiger charge is -2.24. The van der Waals surface area contributed by atoms with Crippen LogP contribution in [0.1, 0.15) is 49.5 Å². The molecule has 1 aromatic carbocycles. The van der Waals surface area contributed by atoms with Crippen molar-refractivity contribution in [2.75, 3.05) is 0 Å². The second-order valence-corrected chi connectivity index (χ2v) is 7.39. The number of hydrogen-bond donors (Lipinski definition) is 3. The highest BCUT2D eigenvalue weighted by Crippen LogP contribution is 2.30. The lowest BCUT2D eigenvalue weighted by atomic mass is 9.95. The monoisotopic (exact) mass is 409 g/mol. The Bertz CT molecular complexity index is 1180. The van der Waals surface area contributed by atoms with Crippen LogP contribution in [0.4, 0.5) is 5.69 Å². The Kier molecular flexibility index (Phi) is 5.67. The number of nitrogens with one attached hydrogen (secondary N) is 1. The first-order chi connectivity index (χ1) is 14.6. The van der Waals surface area contributed by atoms with Crippen molar-refractivity contribution < 1.29 is 14.6 Å². The van der Waals surface area contributed by atoms with E-state index in [2.05, 4.69) is 9.98 Å². The maximum absolute atomic E-state index is 12.3. The minimum Gasteiger partial charge on any atom is -0.494 e. The number of aliphatic hydroxyl groups is 1. The number of aliphatic hydroxyl groups excluding tert-OH is 1. The highest BCUT2D eigenvalue weighted by atomic mass is 16.4. The molecule has 3 aromatic rings. The molecule has 8 heteroatoms. The van der Waals surface area contributed by atoms with Crippen LogP contribution in [0.3, 0.4) is 0 Å². The third-order valence-corrected chi connectivity index (χ3v) is 5.38. The summed E-state index contributed by atoms with van der Waals surface area (Å²) < 4.78 is 6.81. The Morgan fingerprint density at radius 1 is 1.17 bits per heavy atom. The molecular weight excluding hydrogens is 386 g/mol. The average Bonchev–Trinajstić information content (AvgIpc) is 3.24. The molecule has 0 unspecified atom stereocenters. The molecule has 4 rings (SSSR count). The molecular formula is C22H23N3O5. The molecule has 0 saturated heterocycles. The fourth-order valence-electron chi connectivity index (χ4n) is 3.84.